The molecule has 2 heterocycles. The van der Waals surface area contributed by atoms with Crippen LogP contribution in [-0.2, 0) is 9.47 Å². The van der Waals surface area contributed by atoms with Crippen LogP contribution < -0.4 is 15.1 Å². The van der Waals surface area contributed by atoms with Crippen molar-refractivity contribution < 1.29 is 18.7 Å². The van der Waals surface area contributed by atoms with Gasteiger partial charge in [0.1, 0.15) is 18.0 Å². The number of benzene rings is 1. The fourth-order valence-electron chi connectivity index (χ4n) is 4.14. The number of rotatable bonds is 5. The Kier molecular flexibility index (Phi) is 7.20. The molecule has 9 heteroatoms. The lowest BCUT2D eigenvalue weighted by molar-refractivity contribution is 0.128. The van der Waals surface area contributed by atoms with Crippen LogP contribution in [0.2, 0.25) is 0 Å². The number of thiocarbonyl (C=S) groups is 1. The van der Waals surface area contributed by atoms with Crippen LogP contribution >= 0.6 is 24.0 Å². The van der Waals surface area contributed by atoms with Gasteiger partial charge in [-0.25, -0.2) is 9.18 Å². The molecule has 1 atom stereocenters. The standard InChI is InChI=1S/C21H28FN3O3S2/c22-18-12-15(6-7-19(18)24-8-10-30-11-9-24)25-14-17(28-21(25)26)13-23-20(29)27-16-4-2-1-3-5-16/h6-7,12,16-17H,1-5,8-11,13-14H2,(H,23,29)/t17-/m0/s1. The maximum Gasteiger partial charge on any atom is 0.414 e. The first-order valence-electron chi connectivity index (χ1n) is 10.6. The minimum atomic E-state index is -0.470. The molecule has 1 aromatic rings. The van der Waals surface area contributed by atoms with Crippen molar-refractivity contribution in [1.29, 1.82) is 0 Å². The molecule has 3 aliphatic rings. The third-order valence-corrected chi connectivity index (χ3v) is 6.95. The van der Waals surface area contributed by atoms with Crippen LogP contribution in [0.3, 0.4) is 0 Å². The zero-order valence-electron chi connectivity index (χ0n) is 17.0. The number of carbonyl (C=O) groups excluding carboxylic acids is 1. The van der Waals surface area contributed by atoms with Gasteiger partial charge in [0.25, 0.3) is 5.17 Å². The Morgan fingerprint density at radius 3 is 2.77 bits per heavy atom. The molecular weight excluding hydrogens is 425 g/mol. The molecule has 0 aromatic heterocycles. The summed E-state index contributed by atoms with van der Waals surface area (Å²) in [5.74, 6) is 1.69. The van der Waals surface area contributed by atoms with E-state index in [0.717, 1.165) is 37.4 Å². The van der Waals surface area contributed by atoms with Gasteiger partial charge in [-0.05, 0) is 56.1 Å². The molecule has 30 heavy (non-hydrogen) atoms. The molecule has 0 unspecified atom stereocenters. The molecule has 1 aromatic carbocycles. The number of cyclic esters (lactones) is 1. The molecule has 6 nitrogen and oxygen atoms in total. The summed E-state index contributed by atoms with van der Waals surface area (Å²) >= 11 is 7.15. The third kappa shape index (κ3) is 5.29. The van der Waals surface area contributed by atoms with Crippen molar-refractivity contribution in [3.63, 3.8) is 0 Å². The van der Waals surface area contributed by atoms with Crippen LogP contribution in [0.1, 0.15) is 32.1 Å². The molecule has 164 valence electrons. The zero-order chi connectivity index (χ0) is 20.9. The van der Waals surface area contributed by atoms with Gasteiger partial charge in [-0.15, -0.1) is 0 Å². The average molecular weight is 454 g/mol. The summed E-state index contributed by atoms with van der Waals surface area (Å²) in [6.45, 7) is 2.39. The molecule has 1 aliphatic carbocycles. The van der Waals surface area contributed by atoms with E-state index < -0.39 is 6.09 Å². The number of anilines is 2. The van der Waals surface area contributed by atoms with Crippen molar-refractivity contribution >= 4 is 46.6 Å². The number of hydrogen-bond acceptors (Lipinski definition) is 6. The molecule has 1 N–H and O–H groups in total. The molecule has 2 aliphatic heterocycles. The van der Waals surface area contributed by atoms with Gasteiger partial charge >= 0.3 is 6.09 Å². The lowest BCUT2D eigenvalue weighted by atomic mass is 9.98. The highest BCUT2D eigenvalue weighted by Gasteiger charge is 2.33. The third-order valence-electron chi connectivity index (χ3n) is 5.77. The summed E-state index contributed by atoms with van der Waals surface area (Å²) in [6, 6.07) is 4.96. The summed E-state index contributed by atoms with van der Waals surface area (Å²) in [4.78, 5) is 15.8. The van der Waals surface area contributed by atoms with Crippen LogP contribution in [0.15, 0.2) is 18.2 Å². The Morgan fingerprint density at radius 1 is 1.27 bits per heavy atom. The highest BCUT2D eigenvalue weighted by Crippen LogP contribution is 2.29. The quantitative estimate of drug-likeness (QED) is 0.678. The summed E-state index contributed by atoms with van der Waals surface area (Å²) in [6.07, 6.45) is 5.02. The highest BCUT2D eigenvalue weighted by molar-refractivity contribution is 7.99. The van der Waals surface area contributed by atoms with Crippen molar-refractivity contribution in [2.24, 2.45) is 0 Å². The van der Waals surface area contributed by atoms with Gasteiger partial charge in [0.05, 0.1) is 24.5 Å². The second kappa shape index (κ2) is 10.0. The van der Waals surface area contributed by atoms with E-state index in [1.165, 1.54) is 30.2 Å². The van der Waals surface area contributed by atoms with Crippen LogP contribution in [-0.4, -0.2) is 61.2 Å². The van der Waals surface area contributed by atoms with E-state index in [1.54, 1.807) is 12.1 Å². The minimum Gasteiger partial charge on any atom is -0.468 e. The number of hydrogen-bond donors (Lipinski definition) is 1. The van der Waals surface area contributed by atoms with Gasteiger partial charge in [0.2, 0.25) is 0 Å². The average Bonchev–Trinajstić information content (AvgIpc) is 3.14. The number of carbonyl (C=O) groups is 1. The van der Waals surface area contributed by atoms with Gasteiger partial charge in [-0.3, -0.25) is 4.90 Å². The molecule has 3 fully saturated rings. The molecular formula is C21H28FN3O3S2. The number of amides is 1. The molecule has 0 spiro atoms. The van der Waals surface area contributed by atoms with Gasteiger partial charge in [-0.1, -0.05) is 6.42 Å². The zero-order valence-corrected chi connectivity index (χ0v) is 18.6. The fourth-order valence-corrected chi connectivity index (χ4v) is 5.26. The van der Waals surface area contributed by atoms with E-state index in [1.807, 2.05) is 11.8 Å². The summed E-state index contributed by atoms with van der Waals surface area (Å²) in [5.41, 5.74) is 1.10. The van der Waals surface area contributed by atoms with Crippen molar-refractivity contribution in [1.82, 2.24) is 5.32 Å². The van der Waals surface area contributed by atoms with E-state index in [0.29, 0.717) is 29.6 Å². The molecule has 1 saturated carbocycles. The van der Waals surface area contributed by atoms with E-state index >= 15 is 0 Å². The van der Waals surface area contributed by atoms with Gasteiger partial charge in [-0.2, -0.15) is 11.8 Å². The minimum absolute atomic E-state index is 0.182. The first kappa shape index (κ1) is 21.5. The largest absolute Gasteiger partial charge is 0.468 e. The van der Waals surface area contributed by atoms with Crippen molar-refractivity contribution in [3.05, 3.63) is 24.0 Å². The number of nitrogens with one attached hydrogen (secondary N) is 1. The first-order chi connectivity index (χ1) is 14.6. The summed E-state index contributed by atoms with van der Waals surface area (Å²) in [5, 5.41) is 3.40. The number of halogens is 1. The molecule has 0 bridgehead atoms. The number of ether oxygens (including phenoxy) is 2. The predicted octanol–water partition coefficient (Wildman–Crippen LogP) is 3.93. The topological polar surface area (TPSA) is 54.0 Å². The van der Waals surface area contributed by atoms with E-state index in [-0.39, 0.29) is 18.0 Å². The fraction of sp³-hybridized carbons (Fsp3) is 0.619. The highest BCUT2D eigenvalue weighted by atomic mass is 32.2. The van der Waals surface area contributed by atoms with Gasteiger partial charge in [0, 0.05) is 24.6 Å². The van der Waals surface area contributed by atoms with E-state index in [4.69, 9.17) is 21.7 Å². The maximum absolute atomic E-state index is 14.7. The Labute approximate surface area is 186 Å². The normalized spacial score (nSPS) is 22.7. The molecule has 0 radical (unpaired) electrons. The summed E-state index contributed by atoms with van der Waals surface area (Å²) in [7, 11) is 0. The second-order valence-corrected chi connectivity index (χ2v) is 9.49. The van der Waals surface area contributed by atoms with Crippen molar-refractivity contribution in [2.45, 2.75) is 44.3 Å². The summed E-state index contributed by atoms with van der Waals surface area (Å²) < 4.78 is 25.9. The van der Waals surface area contributed by atoms with E-state index in [9.17, 15) is 9.18 Å². The van der Waals surface area contributed by atoms with Crippen LogP contribution in [0.25, 0.3) is 0 Å². The second-order valence-electron chi connectivity index (χ2n) is 7.90. The first-order valence-corrected chi connectivity index (χ1v) is 12.2. The lowest BCUT2D eigenvalue weighted by Crippen LogP contribution is -2.36. The Bertz CT molecular complexity index is 770. The monoisotopic (exact) mass is 453 g/mol. The number of thioether (sulfide) groups is 1. The van der Waals surface area contributed by atoms with Crippen molar-refractivity contribution in [3.8, 4) is 0 Å². The molecule has 4 rings (SSSR count). The van der Waals surface area contributed by atoms with Crippen molar-refractivity contribution in [2.75, 3.05) is 47.5 Å². The Balaban J connectivity index is 1.29. The molecule has 1 amide bonds. The Morgan fingerprint density at radius 2 is 2.03 bits per heavy atom. The van der Waals surface area contributed by atoms with E-state index in [2.05, 4.69) is 10.2 Å². The predicted molar refractivity (Wildman–Crippen MR) is 122 cm³/mol. The van der Waals surface area contributed by atoms with Crippen LogP contribution in [0.5, 0.6) is 0 Å². The maximum atomic E-state index is 14.7. The smallest absolute Gasteiger partial charge is 0.414 e. The number of nitrogens with zero attached hydrogens (tertiary/aromatic N) is 2. The SMILES string of the molecule is O=C1O[C@@H](CNC(=S)OC2CCCCC2)CN1c1ccc(N2CCSCC2)c(F)c1. The van der Waals surface area contributed by atoms with Gasteiger partial charge < -0.3 is 19.7 Å². The molecule has 2 saturated heterocycles. The van der Waals surface area contributed by atoms with Crippen LogP contribution in [0.4, 0.5) is 20.6 Å². The van der Waals surface area contributed by atoms with Crippen LogP contribution in [0, 0.1) is 5.82 Å². The lowest BCUT2D eigenvalue weighted by Gasteiger charge is -2.29. The Hall–Kier alpha value is -1.74. The van der Waals surface area contributed by atoms with Gasteiger partial charge in [0.15, 0.2) is 0 Å².